The smallest absolute Gasteiger partial charge is 0.0995 e. The highest BCUT2D eigenvalue weighted by Gasteiger charge is 2.24. The molecule has 2 unspecified atom stereocenters. The minimum absolute atomic E-state index is 0.270. The molecule has 0 spiro atoms. The highest BCUT2D eigenvalue weighted by Crippen LogP contribution is 2.28. The molecule has 0 radical (unpaired) electrons. The third kappa shape index (κ3) is 5.35. The molecule has 2 N–H and O–H groups in total. The molecular formula is C28H28N2O2. The van der Waals surface area contributed by atoms with Crippen LogP contribution in [0, 0.1) is 0 Å². The molecule has 0 aliphatic carbocycles. The predicted molar refractivity (Wildman–Crippen MR) is 132 cm³/mol. The summed E-state index contributed by atoms with van der Waals surface area (Å²) in [6.45, 7) is 0.541. The number of anilines is 4. The first-order valence-corrected chi connectivity index (χ1v) is 10.8. The van der Waals surface area contributed by atoms with E-state index < -0.39 is 12.2 Å². The zero-order valence-corrected chi connectivity index (χ0v) is 17.9. The van der Waals surface area contributed by atoms with Crippen LogP contribution in [0.4, 0.5) is 22.7 Å². The van der Waals surface area contributed by atoms with E-state index in [4.69, 9.17) is 0 Å². The van der Waals surface area contributed by atoms with Gasteiger partial charge in [0.05, 0.1) is 25.3 Å². The van der Waals surface area contributed by atoms with Crippen molar-refractivity contribution in [3.8, 4) is 0 Å². The Morgan fingerprint density at radius 1 is 0.406 bits per heavy atom. The van der Waals surface area contributed by atoms with Crippen LogP contribution in [-0.2, 0) is 0 Å². The highest BCUT2D eigenvalue weighted by atomic mass is 16.3. The molecule has 0 saturated heterocycles. The molecule has 0 aliphatic heterocycles. The average molecular weight is 425 g/mol. The standard InChI is InChI=1S/C28H28N2O2/c31-27(21-29(23-13-5-1-6-14-23)24-15-7-2-8-16-24)28(32)22-30(25-17-9-3-10-18-25)26-19-11-4-12-20-26/h1-20,27-28,31-32H,21-22H2. The lowest BCUT2D eigenvalue weighted by Gasteiger charge is -2.32. The van der Waals surface area contributed by atoms with Crippen molar-refractivity contribution >= 4 is 22.7 Å². The molecule has 0 aromatic heterocycles. The first-order chi connectivity index (χ1) is 15.7. The van der Waals surface area contributed by atoms with Gasteiger partial charge in [0.25, 0.3) is 0 Å². The van der Waals surface area contributed by atoms with Crippen LogP contribution >= 0.6 is 0 Å². The number of hydrogen-bond acceptors (Lipinski definition) is 4. The second kappa shape index (κ2) is 10.6. The largest absolute Gasteiger partial charge is 0.388 e. The van der Waals surface area contributed by atoms with Gasteiger partial charge in [-0.3, -0.25) is 0 Å². The Hall–Kier alpha value is -3.60. The number of aliphatic hydroxyl groups is 2. The maximum absolute atomic E-state index is 11.0. The number of hydrogen-bond donors (Lipinski definition) is 2. The molecule has 162 valence electrons. The van der Waals surface area contributed by atoms with Gasteiger partial charge in [0.2, 0.25) is 0 Å². The van der Waals surface area contributed by atoms with E-state index in [9.17, 15) is 10.2 Å². The van der Waals surface area contributed by atoms with E-state index in [1.54, 1.807) is 0 Å². The lowest BCUT2D eigenvalue weighted by Crippen LogP contribution is -2.43. The first-order valence-electron chi connectivity index (χ1n) is 10.8. The summed E-state index contributed by atoms with van der Waals surface area (Å²) in [4.78, 5) is 4.06. The van der Waals surface area contributed by atoms with Gasteiger partial charge in [-0.15, -0.1) is 0 Å². The summed E-state index contributed by atoms with van der Waals surface area (Å²) < 4.78 is 0. The van der Waals surface area contributed by atoms with E-state index in [0.29, 0.717) is 0 Å². The Morgan fingerprint density at radius 2 is 0.625 bits per heavy atom. The quantitative estimate of drug-likeness (QED) is 0.378. The summed E-state index contributed by atoms with van der Waals surface area (Å²) in [5.74, 6) is 0. The number of benzene rings is 4. The summed E-state index contributed by atoms with van der Waals surface area (Å²) in [6.07, 6.45) is -1.91. The van der Waals surface area contributed by atoms with Crippen LogP contribution in [0.5, 0.6) is 0 Å². The summed E-state index contributed by atoms with van der Waals surface area (Å²) in [5, 5.41) is 22.1. The number of para-hydroxylation sites is 4. The van der Waals surface area contributed by atoms with Gasteiger partial charge in [0, 0.05) is 22.7 Å². The first kappa shape index (κ1) is 21.6. The van der Waals surface area contributed by atoms with Crippen molar-refractivity contribution in [2.75, 3.05) is 22.9 Å². The molecule has 0 heterocycles. The molecule has 4 nitrogen and oxygen atoms in total. The lowest BCUT2D eigenvalue weighted by atomic mass is 10.1. The number of rotatable bonds is 9. The molecular weight excluding hydrogens is 396 g/mol. The lowest BCUT2D eigenvalue weighted by molar-refractivity contribution is 0.0313. The molecule has 0 bridgehead atoms. The number of aliphatic hydroxyl groups excluding tert-OH is 2. The number of nitrogens with zero attached hydrogens (tertiary/aromatic N) is 2. The summed E-state index contributed by atoms with van der Waals surface area (Å²) in [7, 11) is 0. The van der Waals surface area contributed by atoms with E-state index in [-0.39, 0.29) is 13.1 Å². The topological polar surface area (TPSA) is 46.9 Å². The monoisotopic (exact) mass is 424 g/mol. The van der Waals surface area contributed by atoms with Crippen molar-refractivity contribution in [3.63, 3.8) is 0 Å². The molecule has 2 atom stereocenters. The van der Waals surface area contributed by atoms with Crippen molar-refractivity contribution < 1.29 is 10.2 Å². The predicted octanol–water partition coefficient (Wildman–Crippen LogP) is 5.38. The van der Waals surface area contributed by atoms with Gasteiger partial charge in [-0.1, -0.05) is 72.8 Å². The van der Waals surface area contributed by atoms with Gasteiger partial charge in [0.15, 0.2) is 0 Å². The highest BCUT2D eigenvalue weighted by molar-refractivity contribution is 5.64. The van der Waals surface area contributed by atoms with E-state index in [2.05, 4.69) is 0 Å². The van der Waals surface area contributed by atoms with Gasteiger partial charge >= 0.3 is 0 Å². The van der Waals surface area contributed by atoms with Gasteiger partial charge in [0.1, 0.15) is 0 Å². The zero-order chi connectivity index (χ0) is 22.2. The van der Waals surface area contributed by atoms with Crippen molar-refractivity contribution in [2.24, 2.45) is 0 Å². The van der Waals surface area contributed by atoms with Gasteiger partial charge in [-0.05, 0) is 48.5 Å². The molecule has 4 heteroatoms. The molecule has 4 aromatic carbocycles. The second-order valence-electron chi connectivity index (χ2n) is 7.70. The van der Waals surface area contributed by atoms with Gasteiger partial charge in [-0.25, -0.2) is 0 Å². The van der Waals surface area contributed by atoms with Crippen molar-refractivity contribution in [3.05, 3.63) is 121 Å². The summed E-state index contributed by atoms with van der Waals surface area (Å²) in [5.41, 5.74) is 3.86. The van der Waals surface area contributed by atoms with Crippen LogP contribution in [0.3, 0.4) is 0 Å². The van der Waals surface area contributed by atoms with Crippen LogP contribution in [0.1, 0.15) is 0 Å². The Bertz CT molecular complexity index is 892. The minimum Gasteiger partial charge on any atom is -0.388 e. The van der Waals surface area contributed by atoms with Gasteiger partial charge in [-0.2, -0.15) is 0 Å². The van der Waals surface area contributed by atoms with E-state index in [0.717, 1.165) is 22.7 Å². The fourth-order valence-corrected chi connectivity index (χ4v) is 3.77. The summed E-state index contributed by atoms with van der Waals surface area (Å²) >= 11 is 0. The summed E-state index contributed by atoms with van der Waals surface area (Å²) in [6, 6.07) is 39.7. The Morgan fingerprint density at radius 3 is 0.844 bits per heavy atom. The van der Waals surface area contributed by atoms with Crippen LogP contribution in [0.15, 0.2) is 121 Å². The van der Waals surface area contributed by atoms with Crippen molar-refractivity contribution in [1.82, 2.24) is 0 Å². The maximum atomic E-state index is 11.0. The third-order valence-electron chi connectivity index (χ3n) is 5.45. The fourth-order valence-electron chi connectivity index (χ4n) is 3.77. The SMILES string of the molecule is OC(CN(c1ccccc1)c1ccccc1)C(O)CN(c1ccccc1)c1ccccc1. The normalized spacial score (nSPS) is 12.7. The molecule has 0 aliphatic rings. The molecule has 0 amide bonds. The van der Waals surface area contributed by atoms with Crippen LogP contribution in [0.25, 0.3) is 0 Å². The Balaban J connectivity index is 1.55. The van der Waals surface area contributed by atoms with Gasteiger partial charge < -0.3 is 20.0 Å². The van der Waals surface area contributed by atoms with E-state index in [1.165, 1.54) is 0 Å². The molecule has 4 aromatic rings. The Labute approximate surface area is 189 Å². The average Bonchev–Trinajstić information content (AvgIpc) is 2.87. The van der Waals surface area contributed by atoms with Crippen LogP contribution in [0.2, 0.25) is 0 Å². The zero-order valence-electron chi connectivity index (χ0n) is 17.9. The molecule has 4 rings (SSSR count). The second-order valence-corrected chi connectivity index (χ2v) is 7.70. The minimum atomic E-state index is -0.953. The molecule has 0 saturated carbocycles. The fraction of sp³-hybridized carbons (Fsp3) is 0.143. The van der Waals surface area contributed by atoms with Crippen LogP contribution in [-0.4, -0.2) is 35.5 Å². The van der Waals surface area contributed by atoms with E-state index in [1.807, 2.05) is 131 Å². The van der Waals surface area contributed by atoms with Crippen molar-refractivity contribution in [1.29, 1.82) is 0 Å². The maximum Gasteiger partial charge on any atom is 0.0995 e. The molecule has 32 heavy (non-hydrogen) atoms. The van der Waals surface area contributed by atoms with Crippen molar-refractivity contribution in [2.45, 2.75) is 12.2 Å². The molecule has 0 fully saturated rings. The Kier molecular flexibility index (Phi) is 7.18. The third-order valence-corrected chi connectivity index (χ3v) is 5.45. The van der Waals surface area contributed by atoms with E-state index >= 15 is 0 Å². The van der Waals surface area contributed by atoms with Crippen LogP contribution < -0.4 is 9.80 Å².